The van der Waals surface area contributed by atoms with Gasteiger partial charge in [0, 0.05) is 18.2 Å². The van der Waals surface area contributed by atoms with Gasteiger partial charge in [-0.15, -0.1) is 0 Å². The Morgan fingerprint density at radius 1 is 1.21 bits per heavy atom. The number of urea groups is 1. The van der Waals surface area contributed by atoms with E-state index in [4.69, 9.17) is 4.52 Å². The number of benzene rings is 2. The molecule has 1 aliphatic heterocycles. The fourth-order valence-corrected chi connectivity index (χ4v) is 3.48. The van der Waals surface area contributed by atoms with Gasteiger partial charge in [0.2, 0.25) is 11.7 Å². The molecule has 1 aliphatic rings. The maximum absolute atomic E-state index is 13.9. The molecular formula is C21H20F2N4O2. The number of likely N-dealkylation sites (tertiary alicyclic amines) is 1. The Bertz CT molecular complexity index is 1040. The van der Waals surface area contributed by atoms with Crippen molar-refractivity contribution in [2.75, 3.05) is 11.9 Å². The first kappa shape index (κ1) is 19.0. The van der Waals surface area contributed by atoms with Crippen LogP contribution in [0.25, 0.3) is 11.4 Å². The summed E-state index contributed by atoms with van der Waals surface area (Å²) < 4.78 is 32.5. The Morgan fingerprint density at radius 2 is 2.07 bits per heavy atom. The molecule has 0 spiro atoms. The summed E-state index contributed by atoms with van der Waals surface area (Å²) >= 11 is 0. The van der Waals surface area contributed by atoms with Crippen LogP contribution < -0.4 is 5.32 Å². The van der Waals surface area contributed by atoms with E-state index < -0.39 is 23.7 Å². The Labute approximate surface area is 166 Å². The molecule has 1 atom stereocenters. The van der Waals surface area contributed by atoms with E-state index in [9.17, 15) is 13.6 Å². The van der Waals surface area contributed by atoms with Gasteiger partial charge in [-0.25, -0.2) is 13.6 Å². The summed E-state index contributed by atoms with van der Waals surface area (Å²) in [7, 11) is 0. The number of nitrogens with zero attached hydrogens (tertiary/aromatic N) is 3. The molecule has 3 aromatic rings. The van der Waals surface area contributed by atoms with Gasteiger partial charge in [-0.3, -0.25) is 0 Å². The summed E-state index contributed by atoms with van der Waals surface area (Å²) in [6, 6.07) is 9.87. The lowest BCUT2D eigenvalue weighted by atomic mass is 10.0. The molecule has 150 valence electrons. The van der Waals surface area contributed by atoms with Gasteiger partial charge < -0.3 is 14.7 Å². The first-order valence-electron chi connectivity index (χ1n) is 9.44. The molecule has 8 heteroatoms. The van der Waals surface area contributed by atoms with E-state index in [-0.39, 0.29) is 5.69 Å². The smallest absolute Gasteiger partial charge is 0.322 e. The van der Waals surface area contributed by atoms with Crippen LogP contribution in [0, 0.1) is 18.6 Å². The molecule has 1 saturated heterocycles. The van der Waals surface area contributed by atoms with Crippen molar-refractivity contribution in [1.82, 2.24) is 15.0 Å². The van der Waals surface area contributed by atoms with Crippen LogP contribution in [0.4, 0.5) is 19.3 Å². The zero-order chi connectivity index (χ0) is 20.4. The lowest BCUT2D eigenvalue weighted by Gasteiger charge is -2.33. The van der Waals surface area contributed by atoms with Crippen molar-refractivity contribution in [2.24, 2.45) is 0 Å². The first-order chi connectivity index (χ1) is 14.0. The summed E-state index contributed by atoms with van der Waals surface area (Å²) in [5, 5.41) is 6.57. The van der Waals surface area contributed by atoms with Gasteiger partial charge in [0.05, 0.1) is 5.69 Å². The summed E-state index contributed by atoms with van der Waals surface area (Å²) in [5.41, 5.74) is 1.83. The zero-order valence-corrected chi connectivity index (χ0v) is 15.9. The SMILES string of the molecule is Cc1cccc(-c2noc([C@@H]3CCCCN3C(=O)Nc3ccc(F)cc3F)n2)c1. The maximum Gasteiger partial charge on any atom is 0.322 e. The number of hydrogen-bond acceptors (Lipinski definition) is 4. The number of halogens is 2. The highest BCUT2D eigenvalue weighted by atomic mass is 19.1. The largest absolute Gasteiger partial charge is 0.337 e. The van der Waals surface area contributed by atoms with Crippen molar-refractivity contribution in [3.8, 4) is 11.4 Å². The van der Waals surface area contributed by atoms with E-state index >= 15 is 0 Å². The van der Waals surface area contributed by atoms with Crippen molar-refractivity contribution in [3.05, 3.63) is 65.6 Å². The van der Waals surface area contributed by atoms with Gasteiger partial charge >= 0.3 is 6.03 Å². The normalized spacial score (nSPS) is 16.7. The van der Waals surface area contributed by atoms with Gasteiger partial charge in [0.25, 0.3) is 0 Å². The standard InChI is InChI=1S/C21H20F2N4O2/c1-13-5-4-6-14(11-13)19-25-20(29-26-19)18-7-2-3-10-27(18)21(28)24-17-9-8-15(22)12-16(17)23/h4-6,8-9,11-12,18H,2-3,7,10H2,1H3,(H,24,28)/t18-/m0/s1. The Kier molecular flexibility index (Phi) is 5.24. The van der Waals surface area contributed by atoms with E-state index in [0.717, 1.165) is 36.1 Å². The van der Waals surface area contributed by atoms with Crippen LogP contribution in [-0.2, 0) is 0 Å². The van der Waals surface area contributed by atoms with Crippen molar-refractivity contribution < 1.29 is 18.1 Å². The summed E-state index contributed by atoms with van der Waals surface area (Å²) in [5.74, 6) is -0.729. The zero-order valence-electron chi connectivity index (χ0n) is 15.9. The highest BCUT2D eigenvalue weighted by molar-refractivity contribution is 5.89. The number of carbonyl (C=O) groups excluding carboxylic acids is 1. The fourth-order valence-electron chi connectivity index (χ4n) is 3.48. The molecule has 0 unspecified atom stereocenters. The molecule has 2 heterocycles. The second-order valence-corrected chi connectivity index (χ2v) is 7.08. The van der Waals surface area contributed by atoms with Gasteiger partial charge in [-0.2, -0.15) is 4.98 Å². The molecule has 0 saturated carbocycles. The quantitative estimate of drug-likeness (QED) is 0.668. The van der Waals surface area contributed by atoms with E-state index in [1.54, 1.807) is 4.90 Å². The van der Waals surface area contributed by atoms with Crippen LogP contribution in [0.3, 0.4) is 0 Å². The monoisotopic (exact) mass is 398 g/mol. The number of rotatable bonds is 3. The minimum Gasteiger partial charge on any atom is -0.337 e. The van der Waals surface area contributed by atoms with E-state index in [2.05, 4.69) is 15.5 Å². The van der Waals surface area contributed by atoms with E-state index in [1.807, 2.05) is 31.2 Å². The van der Waals surface area contributed by atoms with E-state index in [1.165, 1.54) is 6.07 Å². The highest BCUT2D eigenvalue weighted by Crippen LogP contribution is 2.32. The molecule has 2 amide bonds. The first-order valence-corrected chi connectivity index (χ1v) is 9.44. The molecule has 2 aromatic carbocycles. The minimum absolute atomic E-state index is 0.0771. The molecule has 1 aromatic heterocycles. The molecule has 4 rings (SSSR count). The molecule has 0 bridgehead atoms. The fraction of sp³-hybridized carbons (Fsp3) is 0.286. The summed E-state index contributed by atoms with van der Waals surface area (Å²) in [6.07, 6.45) is 2.38. The van der Waals surface area contributed by atoms with Crippen molar-refractivity contribution in [3.63, 3.8) is 0 Å². The molecule has 0 aliphatic carbocycles. The topological polar surface area (TPSA) is 71.3 Å². The Morgan fingerprint density at radius 3 is 2.86 bits per heavy atom. The molecule has 1 N–H and O–H groups in total. The van der Waals surface area contributed by atoms with Crippen LogP contribution in [0.1, 0.15) is 36.8 Å². The second kappa shape index (κ2) is 7.98. The Hall–Kier alpha value is -3.29. The number of hydrogen-bond donors (Lipinski definition) is 1. The molecule has 29 heavy (non-hydrogen) atoms. The van der Waals surface area contributed by atoms with Crippen molar-refractivity contribution in [1.29, 1.82) is 0 Å². The van der Waals surface area contributed by atoms with Crippen LogP contribution >= 0.6 is 0 Å². The third-order valence-electron chi connectivity index (χ3n) is 4.94. The van der Waals surface area contributed by atoms with Gasteiger partial charge in [0.1, 0.15) is 17.7 Å². The summed E-state index contributed by atoms with van der Waals surface area (Å²) in [4.78, 5) is 18.8. The minimum atomic E-state index is -0.827. The number of amides is 2. The predicted molar refractivity (Wildman–Crippen MR) is 103 cm³/mol. The second-order valence-electron chi connectivity index (χ2n) is 7.08. The highest BCUT2D eigenvalue weighted by Gasteiger charge is 2.32. The van der Waals surface area contributed by atoms with Gasteiger partial charge in [-0.1, -0.05) is 28.9 Å². The number of piperidine rings is 1. The van der Waals surface area contributed by atoms with Crippen LogP contribution in [0.15, 0.2) is 47.0 Å². The molecule has 6 nitrogen and oxygen atoms in total. The molecular weight excluding hydrogens is 378 g/mol. The third-order valence-corrected chi connectivity index (χ3v) is 4.94. The van der Waals surface area contributed by atoms with E-state index in [0.29, 0.717) is 24.7 Å². The number of anilines is 1. The predicted octanol–water partition coefficient (Wildman–Crippen LogP) is 5.08. The maximum atomic E-state index is 13.9. The van der Waals surface area contributed by atoms with Crippen LogP contribution in [0.5, 0.6) is 0 Å². The van der Waals surface area contributed by atoms with Gasteiger partial charge in [-0.05, 0) is 44.4 Å². The lowest BCUT2D eigenvalue weighted by molar-refractivity contribution is 0.142. The molecule has 1 fully saturated rings. The average Bonchev–Trinajstić information content (AvgIpc) is 3.20. The van der Waals surface area contributed by atoms with Crippen molar-refractivity contribution >= 4 is 11.7 Å². The number of aryl methyl sites for hydroxylation is 1. The lowest BCUT2D eigenvalue weighted by Crippen LogP contribution is -2.41. The Balaban J connectivity index is 1.55. The van der Waals surface area contributed by atoms with Crippen LogP contribution in [-0.4, -0.2) is 27.6 Å². The van der Waals surface area contributed by atoms with Crippen LogP contribution in [0.2, 0.25) is 0 Å². The van der Waals surface area contributed by atoms with Gasteiger partial charge in [0.15, 0.2) is 0 Å². The van der Waals surface area contributed by atoms with Crippen molar-refractivity contribution in [2.45, 2.75) is 32.2 Å². The summed E-state index contributed by atoms with van der Waals surface area (Å²) in [6.45, 7) is 2.45. The average molecular weight is 398 g/mol. The third kappa shape index (κ3) is 4.11. The number of nitrogens with one attached hydrogen (secondary N) is 1. The number of aromatic nitrogens is 2. The molecule has 0 radical (unpaired) electrons. The number of carbonyl (C=O) groups is 1.